The highest BCUT2D eigenvalue weighted by Gasteiger charge is 2.36. The molecule has 1 heterocycles. The summed E-state index contributed by atoms with van der Waals surface area (Å²) in [6.07, 6.45) is -2.26. The van der Waals surface area contributed by atoms with Crippen LogP contribution in [-0.2, 0) is 19.2 Å². The van der Waals surface area contributed by atoms with Crippen LogP contribution in [0.25, 0.3) is 5.69 Å². The van der Waals surface area contributed by atoms with Gasteiger partial charge in [-0.3, -0.25) is 0 Å². The van der Waals surface area contributed by atoms with Gasteiger partial charge in [-0.15, -0.1) is 0 Å². The molecule has 0 spiro atoms. The van der Waals surface area contributed by atoms with Crippen molar-refractivity contribution in [2.24, 2.45) is 0 Å². The van der Waals surface area contributed by atoms with E-state index in [0.717, 1.165) is 18.2 Å². The summed E-state index contributed by atoms with van der Waals surface area (Å²) in [5, 5.41) is 0.422. The van der Waals surface area contributed by atoms with E-state index in [4.69, 9.17) is 16.3 Å². The Bertz CT molecular complexity index is 972. The summed E-state index contributed by atoms with van der Waals surface area (Å²) in [6.45, 7) is 1.19. The highest BCUT2D eigenvalue weighted by molar-refractivity contribution is 6.30. The highest BCUT2D eigenvalue weighted by atomic mass is 35.5. The second-order valence-corrected chi connectivity index (χ2v) is 6.88. The number of benzene rings is 2. The van der Waals surface area contributed by atoms with Crippen LogP contribution in [0.1, 0.15) is 30.2 Å². The van der Waals surface area contributed by atoms with Gasteiger partial charge in [0.1, 0.15) is 6.61 Å². The standard InChI is InChI=1S/C21H17ClF5NO/c1-2-3-13-10-17(23)20(18(24)11-13)29-12-19-16(21(25,26)27)8-9-28(19)15-6-4-14(22)5-7-15/h4-11H,2-3,12H2,1H3. The first-order chi connectivity index (χ1) is 13.7. The normalized spacial score (nSPS) is 11.7. The molecule has 29 heavy (non-hydrogen) atoms. The molecule has 0 aliphatic carbocycles. The molecule has 0 amide bonds. The van der Waals surface area contributed by atoms with E-state index in [0.29, 0.717) is 29.1 Å². The summed E-state index contributed by atoms with van der Waals surface area (Å²) in [5.41, 5.74) is -0.370. The van der Waals surface area contributed by atoms with Gasteiger partial charge >= 0.3 is 6.18 Å². The molecule has 8 heteroatoms. The first-order valence-electron chi connectivity index (χ1n) is 8.84. The molecule has 0 radical (unpaired) electrons. The highest BCUT2D eigenvalue weighted by Crippen LogP contribution is 2.35. The maximum absolute atomic E-state index is 14.3. The molecule has 0 unspecified atom stereocenters. The lowest BCUT2D eigenvalue weighted by Gasteiger charge is -2.15. The average Bonchev–Trinajstić information content (AvgIpc) is 3.06. The number of rotatable bonds is 6. The van der Waals surface area contributed by atoms with Gasteiger partial charge in [0.15, 0.2) is 17.4 Å². The van der Waals surface area contributed by atoms with Crippen molar-refractivity contribution in [1.82, 2.24) is 4.57 Å². The number of aromatic nitrogens is 1. The summed E-state index contributed by atoms with van der Waals surface area (Å²) in [6, 6.07) is 9.28. The van der Waals surface area contributed by atoms with Crippen LogP contribution >= 0.6 is 11.6 Å². The van der Waals surface area contributed by atoms with Crippen LogP contribution in [0.2, 0.25) is 5.02 Å². The molecule has 154 valence electrons. The molecule has 0 atom stereocenters. The Morgan fingerprint density at radius 3 is 2.17 bits per heavy atom. The number of aryl methyl sites for hydroxylation is 1. The molecule has 0 fully saturated rings. The third-order valence-corrected chi connectivity index (χ3v) is 4.60. The quantitative estimate of drug-likeness (QED) is 0.386. The third-order valence-electron chi connectivity index (χ3n) is 4.35. The van der Waals surface area contributed by atoms with Crippen molar-refractivity contribution in [3.05, 3.63) is 82.1 Å². The Labute approximate surface area is 169 Å². The maximum atomic E-state index is 14.3. The van der Waals surface area contributed by atoms with E-state index in [1.54, 1.807) is 0 Å². The first-order valence-corrected chi connectivity index (χ1v) is 9.22. The van der Waals surface area contributed by atoms with Crippen molar-refractivity contribution < 1.29 is 26.7 Å². The SMILES string of the molecule is CCCc1cc(F)c(OCc2c(C(F)(F)F)ccn2-c2ccc(Cl)cc2)c(F)c1. The molecular weight excluding hydrogens is 413 g/mol. The fourth-order valence-corrected chi connectivity index (χ4v) is 3.16. The summed E-state index contributed by atoms with van der Waals surface area (Å²) in [5.74, 6) is -2.61. The molecule has 0 aliphatic heterocycles. The van der Waals surface area contributed by atoms with Crippen molar-refractivity contribution in [1.29, 1.82) is 0 Å². The molecule has 0 bridgehead atoms. The van der Waals surface area contributed by atoms with Crippen LogP contribution in [0.3, 0.4) is 0 Å². The van der Waals surface area contributed by atoms with Gasteiger partial charge in [-0.2, -0.15) is 13.2 Å². The monoisotopic (exact) mass is 429 g/mol. The van der Waals surface area contributed by atoms with E-state index in [1.165, 1.54) is 35.0 Å². The summed E-state index contributed by atoms with van der Waals surface area (Å²) in [4.78, 5) is 0. The van der Waals surface area contributed by atoms with Gasteiger partial charge in [0.25, 0.3) is 0 Å². The lowest BCUT2D eigenvalue weighted by atomic mass is 10.1. The number of halogens is 6. The maximum Gasteiger partial charge on any atom is 0.418 e. The van der Waals surface area contributed by atoms with Crippen LogP contribution < -0.4 is 4.74 Å². The Kier molecular flexibility index (Phi) is 6.17. The van der Waals surface area contributed by atoms with Crippen LogP contribution in [0.5, 0.6) is 5.75 Å². The second kappa shape index (κ2) is 8.45. The Hall–Kier alpha value is -2.54. The van der Waals surface area contributed by atoms with E-state index >= 15 is 0 Å². The molecule has 2 aromatic carbocycles. The fourth-order valence-electron chi connectivity index (χ4n) is 3.04. The minimum absolute atomic E-state index is 0.281. The predicted molar refractivity (Wildman–Crippen MR) is 100 cm³/mol. The number of ether oxygens (including phenoxy) is 1. The Morgan fingerprint density at radius 2 is 1.62 bits per heavy atom. The topological polar surface area (TPSA) is 14.2 Å². The third kappa shape index (κ3) is 4.72. The van der Waals surface area contributed by atoms with Crippen LogP contribution in [0.4, 0.5) is 22.0 Å². The molecule has 0 saturated carbocycles. The largest absolute Gasteiger partial charge is 0.481 e. The fraction of sp³-hybridized carbons (Fsp3) is 0.238. The van der Waals surface area contributed by atoms with Gasteiger partial charge in [0.05, 0.1) is 11.3 Å². The minimum Gasteiger partial charge on any atom is -0.481 e. The molecule has 2 nitrogen and oxygen atoms in total. The second-order valence-electron chi connectivity index (χ2n) is 6.45. The zero-order chi connectivity index (χ0) is 21.2. The van der Waals surface area contributed by atoms with E-state index in [-0.39, 0.29) is 5.69 Å². The average molecular weight is 430 g/mol. The first kappa shape index (κ1) is 21.2. The van der Waals surface area contributed by atoms with Crippen LogP contribution in [-0.4, -0.2) is 4.57 Å². The summed E-state index contributed by atoms with van der Waals surface area (Å²) >= 11 is 5.83. The summed E-state index contributed by atoms with van der Waals surface area (Å²) < 4.78 is 75.2. The zero-order valence-electron chi connectivity index (χ0n) is 15.4. The van der Waals surface area contributed by atoms with Gasteiger partial charge in [0.2, 0.25) is 0 Å². The van der Waals surface area contributed by atoms with Crippen molar-refractivity contribution in [2.45, 2.75) is 32.5 Å². The molecule has 0 saturated heterocycles. The van der Waals surface area contributed by atoms with Crippen molar-refractivity contribution in [3.63, 3.8) is 0 Å². The van der Waals surface area contributed by atoms with Gasteiger partial charge in [-0.05, 0) is 54.4 Å². The lowest BCUT2D eigenvalue weighted by Crippen LogP contribution is -2.13. The van der Waals surface area contributed by atoms with Crippen molar-refractivity contribution >= 4 is 11.6 Å². The number of nitrogens with zero attached hydrogens (tertiary/aromatic N) is 1. The predicted octanol–water partition coefficient (Wildman–Crippen LogP) is 6.96. The molecule has 1 aromatic heterocycles. The summed E-state index contributed by atoms with van der Waals surface area (Å²) in [7, 11) is 0. The Balaban J connectivity index is 1.96. The van der Waals surface area contributed by atoms with Gasteiger partial charge in [-0.25, -0.2) is 8.78 Å². The zero-order valence-corrected chi connectivity index (χ0v) is 16.1. The van der Waals surface area contributed by atoms with Crippen LogP contribution in [0.15, 0.2) is 48.7 Å². The van der Waals surface area contributed by atoms with Gasteiger partial charge in [-0.1, -0.05) is 24.9 Å². The van der Waals surface area contributed by atoms with Gasteiger partial charge in [0, 0.05) is 16.9 Å². The minimum atomic E-state index is -4.65. The number of alkyl halides is 3. The van der Waals surface area contributed by atoms with Gasteiger partial charge < -0.3 is 9.30 Å². The smallest absolute Gasteiger partial charge is 0.418 e. The van der Waals surface area contributed by atoms with E-state index < -0.39 is 35.7 Å². The van der Waals surface area contributed by atoms with E-state index in [2.05, 4.69) is 0 Å². The van der Waals surface area contributed by atoms with E-state index in [1.807, 2.05) is 6.92 Å². The van der Waals surface area contributed by atoms with E-state index in [9.17, 15) is 22.0 Å². The number of hydrogen-bond acceptors (Lipinski definition) is 1. The molecule has 0 aliphatic rings. The number of hydrogen-bond donors (Lipinski definition) is 0. The molecular formula is C21H17ClF5NO. The Morgan fingerprint density at radius 1 is 1.00 bits per heavy atom. The van der Waals surface area contributed by atoms with Crippen molar-refractivity contribution in [2.75, 3.05) is 0 Å². The molecule has 3 aromatic rings. The molecule has 0 N–H and O–H groups in total. The van der Waals surface area contributed by atoms with Crippen molar-refractivity contribution in [3.8, 4) is 11.4 Å². The lowest BCUT2D eigenvalue weighted by molar-refractivity contribution is -0.138. The van der Waals surface area contributed by atoms with Crippen LogP contribution in [0, 0.1) is 11.6 Å². The molecule has 3 rings (SSSR count).